The Morgan fingerprint density at radius 1 is 1.32 bits per heavy atom. The van der Waals surface area contributed by atoms with Crippen molar-refractivity contribution in [1.29, 1.82) is 0 Å². The Morgan fingerprint density at radius 3 is 2.72 bits per heavy atom. The topological polar surface area (TPSA) is 120 Å². The van der Waals surface area contributed by atoms with Crippen LogP contribution in [0.5, 0.6) is 0 Å². The highest BCUT2D eigenvalue weighted by molar-refractivity contribution is 6.12. The van der Waals surface area contributed by atoms with E-state index in [-0.39, 0.29) is 5.69 Å². The van der Waals surface area contributed by atoms with Gasteiger partial charge in [-0.15, -0.1) is 0 Å². The number of hydrogen-bond acceptors (Lipinski definition) is 5. The number of carbonyl (C=O) groups excluding carboxylic acids is 2. The largest absolute Gasteiger partial charge is 0.457 e. The normalized spacial score (nSPS) is 15.6. The zero-order valence-electron chi connectivity index (χ0n) is 13.1. The average molecular weight is 339 g/mol. The second-order valence-electron chi connectivity index (χ2n) is 5.39. The predicted octanol–water partition coefficient (Wildman–Crippen LogP) is 3.06. The van der Waals surface area contributed by atoms with Gasteiger partial charge < -0.3 is 10.2 Å². The molecule has 0 radical (unpaired) electrons. The van der Waals surface area contributed by atoms with Crippen molar-refractivity contribution in [3.63, 3.8) is 0 Å². The molecule has 3 rings (SSSR count). The van der Waals surface area contributed by atoms with Crippen LogP contribution in [0.2, 0.25) is 0 Å². The molecule has 0 unspecified atom stereocenters. The van der Waals surface area contributed by atoms with Crippen LogP contribution < -0.4 is 5.73 Å². The fourth-order valence-electron chi connectivity index (χ4n) is 2.46. The maximum absolute atomic E-state index is 12.1. The van der Waals surface area contributed by atoms with Crippen LogP contribution in [0.3, 0.4) is 0 Å². The lowest BCUT2D eigenvalue weighted by Gasteiger charge is -2.06. The zero-order chi connectivity index (χ0) is 18.1. The molecule has 25 heavy (non-hydrogen) atoms. The van der Waals surface area contributed by atoms with E-state index in [1.807, 2.05) is 0 Å². The van der Waals surface area contributed by atoms with Gasteiger partial charge in [0.05, 0.1) is 4.92 Å². The van der Waals surface area contributed by atoms with Gasteiger partial charge in [0.2, 0.25) is 0 Å². The van der Waals surface area contributed by atoms with Gasteiger partial charge in [0, 0.05) is 29.5 Å². The summed E-state index contributed by atoms with van der Waals surface area (Å²) in [6.07, 6.45) is 2.86. The molecule has 2 aromatic rings. The highest BCUT2D eigenvalue weighted by atomic mass is 16.6. The van der Waals surface area contributed by atoms with Gasteiger partial charge in [-0.25, -0.2) is 9.69 Å². The molecule has 0 spiro atoms. The lowest BCUT2D eigenvalue weighted by Crippen LogP contribution is -2.33. The minimum atomic E-state index is -0.857. The van der Waals surface area contributed by atoms with E-state index < -0.39 is 16.9 Å². The first kappa shape index (κ1) is 16.2. The molecule has 1 aliphatic heterocycles. The highest BCUT2D eigenvalue weighted by Gasteiger charge is 2.29. The number of rotatable bonds is 3. The fourth-order valence-corrected chi connectivity index (χ4v) is 2.46. The molecule has 0 aliphatic carbocycles. The fraction of sp³-hybridized carbons (Fsp3) is 0.0588. The number of carbonyl (C=O) groups is 2. The van der Waals surface area contributed by atoms with E-state index in [9.17, 15) is 19.7 Å². The predicted molar refractivity (Wildman–Crippen MR) is 89.0 cm³/mol. The summed E-state index contributed by atoms with van der Waals surface area (Å²) in [5.74, 6) is 0.275. The number of nitro benzene ring substituents is 1. The van der Waals surface area contributed by atoms with E-state index in [2.05, 4.69) is 0 Å². The molecule has 1 aliphatic rings. The Morgan fingerprint density at radius 2 is 2.08 bits per heavy atom. The van der Waals surface area contributed by atoms with Crippen molar-refractivity contribution >= 4 is 23.7 Å². The third-order valence-electron chi connectivity index (χ3n) is 3.69. The third kappa shape index (κ3) is 3.05. The van der Waals surface area contributed by atoms with Gasteiger partial charge in [-0.1, -0.05) is 12.1 Å². The summed E-state index contributed by atoms with van der Waals surface area (Å²) in [5.41, 5.74) is 6.51. The molecule has 1 aromatic carbocycles. The number of nitro groups is 1. The van der Waals surface area contributed by atoms with E-state index in [1.165, 1.54) is 24.4 Å². The van der Waals surface area contributed by atoms with E-state index in [0.717, 1.165) is 4.90 Å². The third-order valence-corrected chi connectivity index (χ3v) is 3.69. The van der Waals surface area contributed by atoms with Crippen LogP contribution in [0.4, 0.5) is 10.5 Å². The Labute approximate surface area is 142 Å². The lowest BCUT2D eigenvalue weighted by molar-refractivity contribution is -0.384. The van der Waals surface area contributed by atoms with Gasteiger partial charge in [0.1, 0.15) is 11.5 Å². The summed E-state index contributed by atoms with van der Waals surface area (Å²) in [7, 11) is 0. The SMILES string of the molecule is CC1=CN(C(N)=O)C(=O)/C1=C\c1ccc(-c2cccc([N+](=O)[O-])c2)o1. The summed E-state index contributed by atoms with van der Waals surface area (Å²) in [5, 5.41) is 10.9. The molecule has 0 saturated carbocycles. The molecule has 0 fully saturated rings. The molecule has 0 bridgehead atoms. The number of amides is 3. The summed E-state index contributed by atoms with van der Waals surface area (Å²) in [6.45, 7) is 1.68. The minimum absolute atomic E-state index is 0.0457. The smallest absolute Gasteiger partial charge is 0.325 e. The molecule has 1 aromatic heterocycles. The maximum atomic E-state index is 12.1. The Balaban J connectivity index is 1.91. The number of benzene rings is 1. The molecule has 2 N–H and O–H groups in total. The first-order valence-corrected chi connectivity index (χ1v) is 7.25. The summed E-state index contributed by atoms with van der Waals surface area (Å²) < 4.78 is 5.65. The van der Waals surface area contributed by atoms with Crippen molar-refractivity contribution in [2.24, 2.45) is 5.73 Å². The van der Waals surface area contributed by atoms with Crippen LogP contribution in [-0.2, 0) is 4.79 Å². The minimum Gasteiger partial charge on any atom is -0.457 e. The second kappa shape index (κ2) is 6.08. The lowest BCUT2D eigenvalue weighted by atomic mass is 10.1. The van der Waals surface area contributed by atoms with Crippen LogP contribution >= 0.6 is 0 Å². The molecule has 8 nitrogen and oxygen atoms in total. The molecule has 0 atom stereocenters. The Kier molecular flexibility index (Phi) is 3.94. The van der Waals surface area contributed by atoms with Crippen molar-refractivity contribution in [1.82, 2.24) is 4.90 Å². The first-order chi connectivity index (χ1) is 11.9. The molecule has 126 valence electrons. The number of furan rings is 1. The quantitative estimate of drug-likeness (QED) is 0.523. The van der Waals surface area contributed by atoms with Gasteiger partial charge in [0.15, 0.2) is 0 Å². The molecule has 2 heterocycles. The molecule has 3 amide bonds. The van der Waals surface area contributed by atoms with Crippen molar-refractivity contribution in [2.75, 3.05) is 0 Å². The number of imide groups is 1. The number of non-ortho nitro benzene ring substituents is 1. The van der Waals surface area contributed by atoms with Gasteiger partial charge >= 0.3 is 6.03 Å². The highest BCUT2D eigenvalue weighted by Crippen LogP contribution is 2.29. The van der Waals surface area contributed by atoms with Crippen molar-refractivity contribution in [2.45, 2.75) is 6.92 Å². The number of hydrogen-bond donors (Lipinski definition) is 1. The summed E-state index contributed by atoms with van der Waals surface area (Å²) in [6, 6.07) is 8.46. The maximum Gasteiger partial charge on any atom is 0.325 e. The monoisotopic (exact) mass is 339 g/mol. The van der Waals surface area contributed by atoms with Crippen molar-refractivity contribution < 1.29 is 18.9 Å². The van der Waals surface area contributed by atoms with Crippen molar-refractivity contribution in [3.8, 4) is 11.3 Å². The summed E-state index contributed by atoms with van der Waals surface area (Å²) >= 11 is 0. The Bertz CT molecular complexity index is 955. The zero-order valence-corrected chi connectivity index (χ0v) is 13.1. The van der Waals surface area contributed by atoms with Gasteiger partial charge in [-0.3, -0.25) is 14.9 Å². The van der Waals surface area contributed by atoms with Gasteiger partial charge in [-0.05, 0) is 30.7 Å². The van der Waals surface area contributed by atoms with Crippen LogP contribution in [-0.4, -0.2) is 21.8 Å². The van der Waals surface area contributed by atoms with E-state index in [1.54, 1.807) is 31.2 Å². The van der Waals surface area contributed by atoms with E-state index in [4.69, 9.17) is 10.2 Å². The number of urea groups is 1. The summed E-state index contributed by atoms with van der Waals surface area (Å²) in [4.78, 5) is 34.5. The van der Waals surface area contributed by atoms with Crippen LogP contribution in [0, 0.1) is 10.1 Å². The molecular weight excluding hydrogens is 326 g/mol. The Hall–Kier alpha value is -3.68. The number of nitrogens with zero attached hydrogens (tertiary/aromatic N) is 2. The van der Waals surface area contributed by atoms with Crippen molar-refractivity contribution in [3.05, 3.63) is 69.6 Å². The van der Waals surface area contributed by atoms with Crippen LogP contribution in [0.15, 0.2) is 58.2 Å². The standard InChI is InChI=1S/C17H13N3O5/c1-10-9-19(17(18)22)16(21)14(10)8-13-5-6-15(25-13)11-3-2-4-12(7-11)20(23)24/h2-9H,1H3,(H2,18,22)/b14-8-. The van der Waals surface area contributed by atoms with E-state index >= 15 is 0 Å². The number of nitrogens with two attached hydrogens (primary N) is 1. The van der Waals surface area contributed by atoms with Gasteiger partial charge in [0.25, 0.3) is 11.6 Å². The van der Waals surface area contributed by atoms with Crippen LogP contribution in [0.1, 0.15) is 12.7 Å². The first-order valence-electron chi connectivity index (χ1n) is 7.25. The molecule has 8 heteroatoms. The average Bonchev–Trinajstić information content (AvgIpc) is 3.15. The second-order valence-corrected chi connectivity index (χ2v) is 5.39. The molecular formula is C17H13N3O5. The van der Waals surface area contributed by atoms with Crippen LogP contribution in [0.25, 0.3) is 17.4 Å². The van der Waals surface area contributed by atoms with Gasteiger partial charge in [-0.2, -0.15) is 0 Å². The van der Waals surface area contributed by atoms with E-state index in [0.29, 0.717) is 28.2 Å². The number of primary amides is 1. The molecule has 0 saturated heterocycles.